The van der Waals surface area contributed by atoms with Crippen molar-refractivity contribution in [2.24, 2.45) is 5.73 Å². The predicted octanol–water partition coefficient (Wildman–Crippen LogP) is -1.01. The van der Waals surface area contributed by atoms with E-state index in [2.05, 4.69) is 5.73 Å². The molecule has 0 radical (unpaired) electrons. The molecule has 0 rings (SSSR count). The van der Waals surface area contributed by atoms with E-state index in [9.17, 15) is 0 Å². The smallest absolute Gasteiger partial charge is 0.333 e. The van der Waals surface area contributed by atoms with Crippen LogP contribution in [0.25, 0.3) is 0 Å². The van der Waals surface area contributed by atoms with Crippen molar-refractivity contribution in [1.29, 1.82) is 0 Å². The molecule has 0 atom stereocenters. The van der Waals surface area contributed by atoms with Crippen molar-refractivity contribution < 1.29 is 9.59 Å². The monoisotopic (exact) mass is 75.0 g/mol. The molecule has 3 nitrogen and oxygen atoms in total. The second kappa shape index (κ2) is 158. The Morgan fingerprint density at radius 3 is 1.40 bits per heavy atom. The van der Waals surface area contributed by atoms with E-state index < -0.39 is 0 Å². The first-order chi connectivity index (χ1) is 2.41. The third kappa shape index (κ3) is 13.8. The van der Waals surface area contributed by atoms with Gasteiger partial charge < -0.3 is 5.73 Å². The molecule has 3 heteroatoms. The van der Waals surface area contributed by atoms with Crippen molar-refractivity contribution in [2.75, 3.05) is 7.05 Å². The van der Waals surface area contributed by atoms with Crippen LogP contribution in [0.15, 0.2) is 0 Å². The fourth-order valence-electron chi connectivity index (χ4n) is 0. The summed E-state index contributed by atoms with van der Waals surface area (Å²) in [5.41, 5.74) is 4.50. The molecular weight excluding hydrogens is 70.0 g/mol. The maximum atomic E-state index is 8.12. The van der Waals surface area contributed by atoms with Crippen molar-refractivity contribution in [3.8, 4) is 0 Å². The van der Waals surface area contributed by atoms with Crippen LogP contribution in [-0.4, -0.2) is 13.2 Å². The number of hydrogen-bond donors (Lipinski definition) is 1. The quantitative estimate of drug-likeness (QED) is 0.401. The van der Waals surface area contributed by atoms with Crippen LogP contribution in [0, 0.1) is 0 Å². The van der Waals surface area contributed by atoms with Gasteiger partial charge in [0.25, 0.3) is 0 Å². The molecule has 0 unspecified atom stereocenters. The molecule has 0 amide bonds. The Labute approximate surface area is 29.8 Å². The van der Waals surface area contributed by atoms with Gasteiger partial charge in [-0.25, -0.2) is 0 Å². The average molecular weight is 75.1 g/mol. The van der Waals surface area contributed by atoms with Gasteiger partial charge in [0.05, 0.1) is 0 Å². The van der Waals surface area contributed by atoms with Gasteiger partial charge in [0.1, 0.15) is 0 Å². The number of nitrogens with two attached hydrogens (primary N) is 1. The van der Waals surface area contributed by atoms with E-state index in [0.717, 1.165) is 0 Å². The van der Waals surface area contributed by atoms with Crippen LogP contribution in [0.4, 0.5) is 0 Å². The van der Waals surface area contributed by atoms with Crippen LogP contribution < -0.4 is 5.73 Å². The van der Waals surface area contributed by atoms with Gasteiger partial charge >= 0.3 is 6.15 Å². The average Bonchev–Trinajstić information content (AvgIpc) is 1.46. The number of rotatable bonds is 0. The van der Waals surface area contributed by atoms with E-state index >= 15 is 0 Å². The summed E-state index contributed by atoms with van der Waals surface area (Å²) in [4.78, 5) is 16.2. The Bertz CT molecular complexity index is 28.6. The molecule has 0 aromatic carbocycles. The van der Waals surface area contributed by atoms with Crippen molar-refractivity contribution in [2.45, 2.75) is 0 Å². The lowest BCUT2D eigenvalue weighted by Crippen LogP contribution is -1.69. The molecule has 0 aromatic heterocycles. The lowest BCUT2D eigenvalue weighted by Gasteiger charge is -1.19. The molecule has 0 heterocycles. The lowest BCUT2D eigenvalue weighted by molar-refractivity contribution is -0.191. The molecule has 0 saturated carbocycles. The Morgan fingerprint density at radius 1 is 1.40 bits per heavy atom. The first-order valence-corrected chi connectivity index (χ1v) is 0.986. The van der Waals surface area contributed by atoms with Crippen molar-refractivity contribution in [3.63, 3.8) is 0 Å². The number of hydrogen-bond acceptors (Lipinski definition) is 3. The fourth-order valence-corrected chi connectivity index (χ4v) is 0. The van der Waals surface area contributed by atoms with Crippen LogP contribution in [0.1, 0.15) is 0 Å². The standard InChI is InChI=1S/CH5N.CO2/c1-2;2-1-3/h2H2,1H3;. The molecule has 2 N–H and O–H groups in total. The minimum Gasteiger partial charge on any atom is -0.333 e. The third-order valence-electron chi connectivity index (χ3n) is 0. The third-order valence-corrected chi connectivity index (χ3v) is 0. The summed E-state index contributed by atoms with van der Waals surface area (Å²) in [6.45, 7) is 0. The highest BCUT2D eigenvalue weighted by molar-refractivity contribution is 5.20. The number of carbonyl (C=O) groups excluding carboxylic acids is 2. The van der Waals surface area contributed by atoms with E-state index in [1.54, 1.807) is 0 Å². The van der Waals surface area contributed by atoms with Crippen molar-refractivity contribution in [3.05, 3.63) is 0 Å². The summed E-state index contributed by atoms with van der Waals surface area (Å²) in [5, 5.41) is 0. The molecule has 0 aliphatic rings. The molecule has 0 aliphatic heterocycles. The zero-order chi connectivity index (χ0) is 4.71. The summed E-state index contributed by atoms with van der Waals surface area (Å²) < 4.78 is 0. The molecule has 30 valence electrons. The van der Waals surface area contributed by atoms with Crippen molar-refractivity contribution in [1.82, 2.24) is 0 Å². The Hall–Kier alpha value is -0.660. The SMILES string of the molecule is CN.O=C=O. The van der Waals surface area contributed by atoms with Gasteiger partial charge in [-0.3, -0.25) is 0 Å². The van der Waals surface area contributed by atoms with Crippen LogP contribution >= 0.6 is 0 Å². The first kappa shape index (κ1) is 8.84. The molecule has 0 aliphatic carbocycles. The van der Waals surface area contributed by atoms with Gasteiger partial charge in [-0.05, 0) is 7.05 Å². The zero-order valence-electron chi connectivity index (χ0n) is 2.89. The highest BCUT2D eigenvalue weighted by atomic mass is 16.2. The van der Waals surface area contributed by atoms with Crippen LogP contribution in [0.2, 0.25) is 0 Å². The van der Waals surface area contributed by atoms with E-state index in [0.29, 0.717) is 0 Å². The lowest BCUT2D eigenvalue weighted by atomic mass is 11.6. The van der Waals surface area contributed by atoms with Crippen LogP contribution in [0.5, 0.6) is 0 Å². The zero-order valence-corrected chi connectivity index (χ0v) is 2.89. The van der Waals surface area contributed by atoms with Gasteiger partial charge in [0.15, 0.2) is 0 Å². The van der Waals surface area contributed by atoms with Gasteiger partial charge in [-0.2, -0.15) is 9.59 Å². The van der Waals surface area contributed by atoms with E-state index in [-0.39, 0.29) is 6.15 Å². The van der Waals surface area contributed by atoms with Crippen molar-refractivity contribution >= 4 is 6.15 Å². The predicted molar refractivity (Wildman–Crippen MR) is 15.1 cm³/mol. The minimum absolute atomic E-state index is 0.250. The Balaban J connectivity index is 0. The minimum atomic E-state index is 0.250. The largest absolute Gasteiger partial charge is 0.373 e. The van der Waals surface area contributed by atoms with E-state index in [1.165, 1.54) is 7.05 Å². The van der Waals surface area contributed by atoms with Gasteiger partial charge in [-0.1, -0.05) is 0 Å². The molecule has 0 spiro atoms. The van der Waals surface area contributed by atoms with Crippen LogP contribution in [-0.2, 0) is 9.59 Å². The molecule has 0 fully saturated rings. The summed E-state index contributed by atoms with van der Waals surface area (Å²) in [6.07, 6.45) is 0.250. The van der Waals surface area contributed by atoms with Gasteiger partial charge in [0, 0.05) is 0 Å². The maximum Gasteiger partial charge on any atom is 0.373 e. The van der Waals surface area contributed by atoms with Gasteiger partial charge in [0.2, 0.25) is 0 Å². The second-order valence-corrected chi connectivity index (χ2v) is 0.0833. The topological polar surface area (TPSA) is 60.2 Å². The van der Waals surface area contributed by atoms with Gasteiger partial charge in [-0.15, -0.1) is 0 Å². The molecule has 0 bridgehead atoms. The molecule has 0 aromatic rings. The highest BCUT2D eigenvalue weighted by Gasteiger charge is 1.13. The summed E-state index contributed by atoms with van der Waals surface area (Å²) in [5.74, 6) is 0. The van der Waals surface area contributed by atoms with Crippen LogP contribution in [0.3, 0.4) is 0 Å². The maximum absolute atomic E-state index is 8.12. The molecule has 0 saturated heterocycles. The molecular formula is C2H5NO2. The first-order valence-electron chi connectivity index (χ1n) is 0.986. The summed E-state index contributed by atoms with van der Waals surface area (Å²) in [6, 6.07) is 0. The fraction of sp³-hybridized carbons (Fsp3) is 0.500. The highest BCUT2D eigenvalue weighted by Crippen LogP contribution is 0.787. The Kier molecular flexibility index (Phi) is 280. The summed E-state index contributed by atoms with van der Waals surface area (Å²) >= 11 is 0. The normalized spacial score (nSPS) is 2.80. The Morgan fingerprint density at radius 2 is 1.40 bits per heavy atom. The van der Waals surface area contributed by atoms with E-state index in [4.69, 9.17) is 9.59 Å². The summed E-state index contributed by atoms with van der Waals surface area (Å²) in [7, 11) is 1.50. The molecule has 5 heavy (non-hydrogen) atoms. The second-order valence-electron chi connectivity index (χ2n) is 0.0833. The van der Waals surface area contributed by atoms with E-state index in [1.807, 2.05) is 0 Å².